The maximum Gasteiger partial charge on any atom is 0.261 e. The number of likely N-dealkylation sites (N-methyl/N-ethyl adjacent to an activating group) is 1. The average Bonchev–Trinajstić information content (AvgIpc) is 3.11. The van der Waals surface area contributed by atoms with Crippen LogP contribution in [0, 0.1) is 0 Å². The van der Waals surface area contributed by atoms with Crippen molar-refractivity contribution in [2.45, 2.75) is 50.7 Å². The summed E-state index contributed by atoms with van der Waals surface area (Å²) in [5.41, 5.74) is 0. The zero-order valence-electron chi connectivity index (χ0n) is 18.7. The molecule has 4 nitrogen and oxygen atoms in total. The number of rotatable bonds is 5. The van der Waals surface area contributed by atoms with Gasteiger partial charge in [0.1, 0.15) is 0 Å². The molecular formula is C25H34N2O2Si. The number of fused-ring (bicyclic) bond motifs is 1. The Morgan fingerprint density at radius 1 is 0.967 bits per heavy atom. The van der Waals surface area contributed by atoms with Crippen LogP contribution in [-0.4, -0.2) is 62.9 Å². The van der Waals surface area contributed by atoms with Crippen LogP contribution < -0.4 is 10.4 Å². The molecule has 0 aliphatic carbocycles. The lowest BCUT2D eigenvalue weighted by Gasteiger charge is -2.44. The molecule has 2 aromatic rings. The van der Waals surface area contributed by atoms with Gasteiger partial charge in [0.05, 0.1) is 13.2 Å². The van der Waals surface area contributed by atoms with Crippen molar-refractivity contribution in [3.8, 4) is 0 Å². The molecule has 0 N–H and O–H groups in total. The van der Waals surface area contributed by atoms with Crippen molar-refractivity contribution in [2.24, 2.45) is 0 Å². The van der Waals surface area contributed by atoms with Crippen LogP contribution in [0.3, 0.4) is 0 Å². The van der Waals surface area contributed by atoms with Gasteiger partial charge in [-0.05, 0) is 28.3 Å². The van der Waals surface area contributed by atoms with Gasteiger partial charge in [-0.3, -0.25) is 9.69 Å². The summed E-state index contributed by atoms with van der Waals surface area (Å²) in [5, 5.41) is 2.60. The van der Waals surface area contributed by atoms with Gasteiger partial charge in [0.25, 0.3) is 8.32 Å². The fraction of sp³-hybridized carbons (Fsp3) is 0.480. The Hall–Kier alpha value is -1.95. The summed E-state index contributed by atoms with van der Waals surface area (Å²) in [4.78, 5) is 16.6. The van der Waals surface area contributed by atoms with E-state index in [-0.39, 0.29) is 10.9 Å². The Morgan fingerprint density at radius 3 is 2.07 bits per heavy atom. The van der Waals surface area contributed by atoms with E-state index in [0.717, 1.165) is 19.4 Å². The first-order valence-electron chi connectivity index (χ1n) is 11.1. The van der Waals surface area contributed by atoms with E-state index >= 15 is 0 Å². The fourth-order valence-electron chi connectivity index (χ4n) is 5.33. The first-order valence-corrected chi connectivity index (χ1v) is 13.0. The second-order valence-corrected chi connectivity index (χ2v) is 14.1. The monoisotopic (exact) mass is 422 g/mol. The molecule has 1 amide bonds. The standard InChI is InChI=1S/C25H34N2O2Si/c1-25(2,3)30(22-11-7-5-8-12-22,23-13-9-6-10-14-23)29-19-21-16-15-20-17-26(4)24(28)18-27(20)21/h5-14,20-21H,15-19H2,1-4H3. The zero-order chi connectivity index (χ0) is 21.4. The Kier molecular flexibility index (Phi) is 5.88. The Labute approximate surface area is 182 Å². The third kappa shape index (κ3) is 3.75. The highest BCUT2D eigenvalue weighted by atomic mass is 28.4. The van der Waals surface area contributed by atoms with E-state index in [4.69, 9.17) is 4.43 Å². The number of hydrogen-bond donors (Lipinski definition) is 0. The van der Waals surface area contributed by atoms with Gasteiger partial charge in [0, 0.05) is 25.7 Å². The van der Waals surface area contributed by atoms with Crippen LogP contribution in [0.25, 0.3) is 0 Å². The summed E-state index contributed by atoms with van der Waals surface area (Å²) in [5.74, 6) is 0.226. The number of nitrogens with zero attached hydrogens (tertiary/aromatic N) is 2. The molecule has 2 aliphatic heterocycles. The van der Waals surface area contributed by atoms with Crippen LogP contribution in [0.5, 0.6) is 0 Å². The van der Waals surface area contributed by atoms with Gasteiger partial charge in [0.15, 0.2) is 0 Å². The summed E-state index contributed by atoms with van der Waals surface area (Å²) in [7, 11) is -0.603. The van der Waals surface area contributed by atoms with E-state index in [9.17, 15) is 4.79 Å². The molecule has 160 valence electrons. The molecule has 30 heavy (non-hydrogen) atoms. The molecule has 0 bridgehead atoms. The van der Waals surface area contributed by atoms with Gasteiger partial charge in [-0.2, -0.15) is 0 Å². The van der Waals surface area contributed by atoms with E-state index in [2.05, 4.69) is 86.3 Å². The summed E-state index contributed by atoms with van der Waals surface area (Å²) in [6, 6.07) is 22.4. The minimum atomic E-state index is -2.53. The molecular weight excluding hydrogens is 388 g/mol. The van der Waals surface area contributed by atoms with Gasteiger partial charge in [-0.25, -0.2) is 0 Å². The summed E-state index contributed by atoms with van der Waals surface area (Å²) < 4.78 is 7.13. The first kappa shape index (κ1) is 21.3. The van der Waals surface area contributed by atoms with E-state index in [1.165, 1.54) is 10.4 Å². The van der Waals surface area contributed by atoms with Crippen molar-refractivity contribution in [1.82, 2.24) is 9.80 Å². The lowest BCUT2D eigenvalue weighted by Crippen LogP contribution is -2.67. The largest absolute Gasteiger partial charge is 0.406 e. The van der Waals surface area contributed by atoms with Crippen LogP contribution in [0.4, 0.5) is 0 Å². The van der Waals surface area contributed by atoms with Crippen LogP contribution in [0.2, 0.25) is 5.04 Å². The molecule has 2 saturated heterocycles. The smallest absolute Gasteiger partial charge is 0.261 e. The molecule has 0 aromatic heterocycles. The zero-order valence-corrected chi connectivity index (χ0v) is 19.7. The Morgan fingerprint density at radius 2 is 1.53 bits per heavy atom. The second-order valence-electron chi connectivity index (χ2n) is 9.81. The van der Waals surface area contributed by atoms with Crippen molar-refractivity contribution < 1.29 is 9.22 Å². The van der Waals surface area contributed by atoms with Crippen molar-refractivity contribution in [2.75, 3.05) is 26.7 Å². The molecule has 2 atom stereocenters. The number of amides is 1. The van der Waals surface area contributed by atoms with Gasteiger partial charge in [0.2, 0.25) is 5.91 Å². The topological polar surface area (TPSA) is 32.8 Å². The highest BCUT2D eigenvalue weighted by Gasteiger charge is 2.51. The van der Waals surface area contributed by atoms with Gasteiger partial charge in [-0.15, -0.1) is 0 Å². The van der Waals surface area contributed by atoms with Crippen molar-refractivity contribution in [1.29, 1.82) is 0 Å². The van der Waals surface area contributed by atoms with Crippen molar-refractivity contribution >= 4 is 24.6 Å². The highest BCUT2D eigenvalue weighted by Crippen LogP contribution is 2.38. The van der Waals surface area contributed by atoms with Gasteiger partial charge in [-0.1, -0.05) is 81.4 Å². The maximum absolute atomic E-state index is 12.3. The predicted octanol–water partition coefficient (Wildman–Crippen LogP) is 2.87. The SMILES string of the molecule is CN1CC2CCC(CO[Si](c3ccccc3)(c3ccccc3)C(C)(C)C)N2CC1=O. The minimum absolute atomic E-state index is 0.0222. The van der Waals surface area contributed by atoms with Gasteiger partial charge >= 0.3 is 0 Å². The fourth-order valence-corrected chi connectivity index (χ4v) is 9.92. The summed E-state index contributed by atoms with van der Waals surface area (Å²) >= 11 is 0. The second kappa shape index (κ2) is 8.29. The normalized spacial score (nSPS) is 22.9. The highest BCUT2D eigenvalue weighted by molar-refractivity contribution is 6.99. The quantitative estimate of drug-likeness (QED) is 0.695. The molecule has 2 aromatic carbocycles. The van der Waals surface area contributed by atoms with Crippen LogP contribution in [-0.2, 0) is 9.22 Å². The molecule has 2 heterocycles. The lowest BCUT2D eigenvalue weighted by atomic mass is 10.2. The summed E-state index contributed by atoms with van der Waals surface area (Å²) in [6.07, 6.45) is 2.25. The van der Waals surface area contributed by atoms with Gasteiger partial charge < -0.3 is 9.33 Å². The molecule has 4 rings (SSSR count). The number of piperazine rings is 1. The van der Waals surface area contributed by atoms with E-state index in [1.807, 2.05) is 11.9 Å². The summed E-state index contributed by atoms with van der Waals surface area (Å²) in [6.45, 7) is 8.99. The van der Waals surface area contributed by atoms with E-state index in [1.54, 1.807) is 0 Å². The first-order chi connectivity index (χ1) is 14.3. The third-order valence-corrected chi connectivity index (χ3v) is 11.9. The molecule has 0 spiro atoms. The van der Waals surface area contributed by atoms with Crippen molar-refractivity contribution in [3.63, 3.8) is 0 Å². The molecule has 2 unspecified atom stereocenters. The van der Waals surface area contributed by atoms with E-state index < -0.39 is 8.32 Å². The van der Waals surface area contributed by atoms with Crippen LogP contribution in [0.15, 0.2) is 60.7 Å². The molecule has 2 fully saturated rings. The Balaban J connectivity index is 1.67. The third-order valence-electron chi connectivity index (χ3n) is 6.91. The number of hydrogen-bond acceptors (Lipinski definition) is 3. The number of carbonyl (C=O) groups is 1. The lowest BCUT2D eigenvalue weighted by molar-refractivity contribution is -0.136. The minimum Gasteiger partial charge on any atom is -0.406 e. The van der Waals surface area contributed by atoms with Crippen molar-refractivity contribution in [3.05, 3.63) is 60.7 Å². The number of benzene rings is 2. The van der Waals surface area contributed by atoms with E-state index in [0.29, 0.717) is 25.2 Å². The molecule has 0 radical (unpaired) electrons. The van der Waals surface area contributed by atoms with Crippen LogP contribution in [0.1, 0.15) is 33.6 Å². The molecule has 0 saturated carbocycles. The number of carbonyl (C=O) groups excluding carboxylic acids is 1. The predicted molar refractivity (Wildman–Crippen MR) is 125 cm³/mol. The van der Waals surface area contributed by atoms with Crippen LogP contribution >= 0.6 is 0 Å². The molecule has 5 heteroatoms. The molecule has 2 aliphatic rings. The Bertz CT molecular complexity index is 826. The maximum atomic E-state index is 12.3. The average molecular weight is 423 g/mol.